The number of rotatable bonds is 8. The van der Waals surface area contributed by atoms with Crippen LogP contribution in [-0.4, -0.2) is 22.5 Å². The minimum absolute atomic E-state index is 0.0693. The number of nitrogens with one attached hydrogen (secondary N) is 1. The van der Waals surface area contributed by atoms with E-state index >= 15 is 0 Å². The summed E-state index contributed by atoms with van der Waals surface area (Å²) in [6.07, 6.45) is 5.16. The largest absolute Gasteiger partial charge is 0.376 e. The lowest BCUT2D eigenvalue weighted by Gasteiger charge is -2.27. The van der Waals surface area contributed by atoms with Crippen LogP contribution in [0.1, 0.15) is 44.8 Å². The van der Waals surface area contributed by atoms with Crippen LogP contribution in [0.2, 0.25) is 5.02 Å². The molecular formula is C13H23ClN4O. The van der Waals surface area contributed by atoms with Gasteiger partial charge in [-0.3, -0.25) is 10.5 Å². The average molecular weight is 287 g/mol. The van der Waals surface area contributed by atoms with Crippen molar-refractivity contribution in [3.63, 3.8) is 0 Å². The van der Waals surface area contributed by atoms with Gasteiger partial charge >= 0.3 is 0 Å². The van der Waals surface area contributed by atoms with Crippen molar-refractivity contribution in [1.29, 1.82) is 0 Å². The first-order valence-corrected chi connectivity index (χ1v) is 7.39. The molecule has 0 amide bonds. The summed E-state index contributed by atoms with van der Waals surface area (Å²) >= 11 is 6.29. The van der Waals surface area contributed by atoms with Gasteiger partial charge in [0.2, 0.25) is 0 Å². The van der Waals surface area contributed by atoms with Gasteiger partial charge in [-0.25, -0.2) is 5.43 Å². The molecule has 1 saturated carbocycles. The molecule has 1 heterocycles. The quantitative estimate of drug-likeness (QED) is 0.568. The molecule has 0 radical (unpaired) electrons. The maximum Gasteiger partial charge on any atom is 0.0908 e. The Labute approximate surface area is 119 Å². The Morgan fingerprint density at radius 1 is 1.58 bits per heavy atom. The number of hydrazine groups is 1. The average Bonchev–Trinajstić information content (AvgIpc) is 3.18. The number of nitrogens with two attached hydrogens (primary N) is 1. The van der Waals surface area contributed by atoms with Crippen molar-refractivity contribution in [2.75, 3.05) is 6.61 Å². The molecule has 0 saturated heterocycles. The second-order valence-corrected chi connectivity index (χ2v) is 5.41. The van der Waals surface area contributed by atoms with Crippen LogP contribution in [0.3, 0.4) is 0 Å². The molecule has 0 bridgehead atoms. The smallest absolute Gasteiger partial charge is 0.0908 e. The molecule has 108 valence electrons. The Bertz CT molecular complexity index is 405. The van der Waals surface area contributed by atoms with Gasteiger partial charge in [0.05, 0.1) is 29.1 Å². The van der Waals surface area contributed by atoms with Crippen LogP contribution in [0, 0.1) is 5.92 Å². The Morgan fingerprint density at radius 2 is 2.32 bits per heavy atom. The van der Waals surface area contributed by atoms with E-state index in [2.05, 4.69) is 17.4 Å². The maximum atomic E-state index is 6.29. The lowest BCUT2D eigenvalue weighted by molar-refractivity contribution is 0.0163. The second kappa shape index (κ2) is 6.70. The summed E-state index contributed by atoms with van der Waals surface area (Å²) in [5, 5.41) is 4.98. The third kappa shape index (κ3) is 3.28. The van der Waals surface area contributed by atoms with E-state index in [4.69, 9.17) is 22.2 Å². The molecule has 19 heavy (non-hydrogen) atoms. The highest BCUT2D eigenvalue weighted by atomic mass is 35.5. The van der Waals surface area contributed by atoms with Gasteiger partial charge in [-0.2, -0.15) is 5.10 Å². The molecule has 0 spiro atoms. The fraction of sp³-hybridized carbons (Fsp3) is 0.769. The van der Waals surface area contributed by atoms with Crippen molar-refractivity contribution in [3.05, 3.63) is 16.9 Å². The van der Waals surface area contributed by atoms with Gasteiger partial charge in [-0.05, 0) is 32.1 Å². The number of halogens is 1. The van der Waals surface area contributed by atoms with Gasteiger partial charge in [-0.15, -0.1) is 0 Å². The Morgan fingerprint density at radius 3 is 2.84 bits per heavy atom. The lowest BCUT2D eigenvalue weighted by Crippen LogP contribution is -2.40. The summed E-state index contributed by atoms with van der Waals surface area (Å²) < 4.78 is 7.82. The zero-order valence-electron chi connectivity index (χ0n) is 11.6. The molecule has 2 rings (SSSR count). The molecule has 0 aliphatic heterocycles. The summed E-state index contributed by atoms with van der Waals surface area (Å²) in [6, 6.07) is -0.103. The normalized spacial score (nSPS) is 18.5. The van der Waals surface area contributed by atoms with E-state index in [0.29, 0.717) is 17.5 Å². The van der Waals surface area contributed by atoms with Crippen LogP contribution < -0.4 is 11.3 Å². The Hall–Kier alpha value is -0.620. The molecule has 0 aromatic carbocycles. The molecule has 1 fully saturated rings. The maximum absolute atomic E-state index is 6.29. The molecular weight excluding hydrogens is 264 g/mol. The van der Waals surface area contributed by atoms with Gasteiger partial charge in [-0.1, -0.05) is 18.5 Å². The van der Waals surface area contributed by atoms with Crippen molar-refractivity contribution in [1.82, 2.24) is 15.2 Å². The van der Waals surface area contributed by atoms with E-state index in [1.54, 1.807) is 6.20 Å². The fourth-order valence-corrected chi connectivity index (χ4v) is 2.78. The van der Waals surface area contributed by atoms with Gasteiger partial charge < -0.3 is 4.74 Å². The van der Waals surface area contributed by atoms with Crippen molar-refractivity contribution in [3.8, 4) is 0 Å². The molecule has 6 heteroatoms. The minimum atomic E-state index is -0.103. The van der Waals surface area contributed by atoms with Crippen LogP contribution in [0.4, 0.5) is 0 Å². The van der Waals surface area contributed by atoms with Crippen LogP contribution in [-0.2, 0) is 11.3 Å². The molecule has 1 aliphatic rings. The van der Waals surface area contributed by atoms with Crippen molar-refractivity contribution >= 4 is 11.6 Å². The fourth-order valence-electron chi connectivity index (χ4n) is 2.52. The molecule has 1 aromatic heterocycles. The number of hydrogen-bond donors (Lipinski definition) is 2. The predicted octanol–water partition coefficient (Wildman–Crippen LogP) is 2.27. The summed E-state index contributed by atoms with van der Waals surface area (Å²) in [4.78, 5) is 0. The monoisotopic (exact) mass is 286 g/mol. The number of hydrogen-bond acceptors (Lipinski definition) is 4. The van der Waals surface area contributed by atoms with E-state index < -0.39 is 0 Å². The first kappa shape index (κ1) is 14.8. The predicted molar refractivity (Wildman–Crippen MR) is 75.7 cm³/mol. The lowest BCUT2D eigenvalue weighted by atomic mass is 10.0. The summed E-state index contributed by atoms with van der Waals surface area (Å²) in [6.45, 7) is 5.64. The molecule has 2 unspecified atom stereocenters. The molecule has 2 atom stereocenters. The minimum Gasteiger partial charge on any atom is -0.376 e. The summed E-state index contributed by atoms with van der Waals surface area (Å²) in [7, 11) is 0. The number of aryl methyl sites for hydroxylation is 1. The molecule has 1 aromatic rings. The van der Waals surface area contributed by atoms with Crippen molar-refractivity contribution in [2.45, 2.75) is 51.8 Å². The Balaban J connectivity index is 2.26. The molecule has 1 aliphatic carbocycles. The van der Waals surface area contributed by atoms with E-state index in [-0.39, 0.29) is 12.1 Å². The zero-order chi connectivity index (χ0) is 13.8. The van der Waals surface area contributed by atoms with Crippen LogP contribution in [0.5, 0.6) is 0 Å². The molecule has 3 N–H and O–H groups in total. The van der Waals surface area contributed by atoms with Gasteiger partial charge in [0, 0.05) is 13.2 Å². The third-order valence-electron chi connectivity index (χ3n) is 3.52. The number of aromatic nitrogens is 2. The van der Waals surface area contributed by atoms with Gasteiger partial charge in [0.1, 0.15) is 0 Å². The molecule has 5 nitrogen and oxygen atoms in total. The van der Waals surface area contributed by atoms with Crippen LogP contribution >= 0.6 is 11.6 Å². The number of ether oxygens (including phenoxy) is 1. The highest BCUT2D eigenvalue weighted by Crippen LogP contribution is 2.41. The first-order chi connectivity index (χ1) is 9.22. The van der Waals surface area contributed by atoms with E-state index in [0.717, 1.165) is 18.7 Å². The number of nitrogens with zero attached hydrogens (tertiary/aromatic N) is 2. The van der Waals surface area contributed by atoms with E-state index in [1.165, 1.54) is 12.8 Å². The third-order valence-corrected chi connectivity index (χ3v) is 3.81. The SMILES string of the molecule is CCCn1ncc(Cl)c1C(NN)C(OCC)C1CC1. The summed E-state index contributed by atoms with van der Waals surface area (Å²) in [5.41, 5.74) is 3.82. The van der Waals surface area contributed by atoms with Crippen LogP contribution in [0.25, 0.3) is 0 Å². The van der Waals surface area contributed by atoms with Gasteiger partial charge in [0.15, 0.2) is 0 Å². The van der Waals surface area contributed by atoms with Crippen LogP contribution in [0.15, 0.2) is 6.20 Å². The topological polar surface area (TPSA) is 65.1 Å². The second-order valence-electron chi connectivity index (χ2n) is 5.00. The van der Waals surface area contributed by atoms with Crippen molar-refractivity contribution in [2.24, 2.45) is 11.8 Å². The summed E-state index contributed by atoms with van der Waals surface area (Å²) in [5.74, 6) is 6.34. The standard InChI is InChI=1S/C13H23ClN4O/c1-3-7-18-12(10(14)8-16-18)11(17-15)13(19-4-2)9-5-6-9/h8-9,11,13,17H,3-7,15H2,1-2H3. The first-order valence-electron chi connectivity index (χ1n) is 7.01. The van der Waals surface area contributed by atoms with Crippen molar-refractivity contribution < 1.29 is 4.74 Å². The highest BCUT2D eigenvalue weighted by molar-refractivity contribution is 6.31. The Kier molecular flexibility index (Phi) is 5.21. The van der Waals surface area contributed by atoms with E-state index in [9.17, 15) is 0 Å². The zero-order valence-corrected chi connectivity index (χ0v) is 12.4. The highest BCUT2D eigenvalue weighted by Gasteiger charge is 2.39. The van der Waals surface area contributed by atoms with E-state index in [1.807, 2.05) is 11.6 Å². The van der Waals surface area contributed by atoms with Gasteiger partial charge in [0.25, 0.3) is 0 Å².